The second kappa shape index (κ2) is 7.04. The fourth-order valence-electron chi connectivity index (χ4n) is 1.53. The van der Waals surface area contributed by atoms with E-state index in [1.165, 1.54) is 6.26 Å². The van der Waals surface area contributed by atoms with Gasteiger partial charge in [-0.15, -0.1) is 0 Å². The minimum absolute atomic E-state index is 0.0465. The van der Waals surface area contributed by atoms with Crippen LogP contribution in [0.25, 0.3) is 0 Å². The van der Waals surface area contributed by atoms with Gasteiger partial charge in [0.15, 0.2) is 11.6 Å². The number of pyridine rings is 1. The Morgan fingerprint density at radius 2 is 2.24 bits per heavy atom. The highest BCUT2D eigenvalue weighted by molar-refractivity contribution is 5.91. The molecular formula is C13H14N4O4. The van der Waals surface area contributed by atoms with E-state index in [2.05, 4.69) is 20.0 Å². The first kappa shape index (κ1) is 14.5. The number of amides is 2. The van der Waals surface area contributed by atoms with Gasteiger partial charge in [-0.05, 0) is 12.1 Å². The molecule has 0 aliphatic rings. The first-order valence-electron chi connectivity index (χ1n) is 6.20. The van der Waals surface area contributed by atoms with Gasteiger partial charge >= 0.3 is 6.09 Å². The third-order valence-corrected chi connectivity index (χ3v) is 2.50. The third kappa shape index (κ3) is 4.60. The molecule has 0 saturated heterocycles. The number of nitrogens with two attached hydrogens (primary N) is 1. The molecule has 8 nitrogen and oxygen atoms in total. The first-order valence-corrected chi connectivity index (χ1v) is 6.20. The van der Waals surface area contributed by atoms with E-state index >= 15 is 0 Å². The highest BCUT2D eigenvalue weighted by Gasteiger charge is 2.12. The van der Waals surface area contributed by atoms with Crippen LogP contribution in [-0.4, -0.2) is 28.6 Å². The van der Waals surface area contributed by atoms with Gasteiger partial charge in [0.05, 0.1) is 18.7 Å². The van der Waals surface area contributed by atoms with Crippen LogP contribution >= 0.6 is 0 Å². The Kier molecular flexibility index (Phi) is 4.86. The van der Waals surface area contributed by atoms with E-state index in [1.807, 2.05) is 6.07 Å². The smallest absolute Gasteiger partial charge is 0.404 e. The number of oxazole rings is 1. The van der Waals surface area contributed by atoms with Crippen LogP contribution in [0, 0.1) is 0 Å². The van der Waals surface area contributed by atoms with Crippen molar-refractivity contribution < 1.29 is 18.7 Å². The fourth-order valence-corrected chi connectivity index (χ4v) is 1.53. The van der Waals surface area contributed by atoms with Gasteiger partial charge in [-0.2, -0.15) is 0 Å². The molecule has 8 heteroatoms. The molecule has 2 heterocycles. The van der Waals surface area contributed by atoms with Crippen LogP contribution < -0.4 is 11.1 Å². The second-order valence-corrected chi connectivity index (χ2v) is 4.05. The molecule has 0 unspecified atom stereocenters. The van der Waals surface area contributed by atoms with Gasteiger partial charge in [0.1, 0.15) is 12.9 Å². The number of ether oxygens (including phenoxy) is 1. The first-order chi connectivity index (χ1) is 10.1. The van der Waals surface area contributed by atoms with Crippen LogP contribution in [0.15, 0.2) is 35.1 Å². The Hall–Kier alpha value is -2.90. The Balaban J connectivity index is 1.83. The highest BCUT2D eigenvalue weighted by atomic mass is 16.5. The van der Waals surface area contributed by atoms with E-state index in [9.17, 15) is 9.59 Å². The largest absolute Gasteiger partial charge is 0.449 e. The van der Waals surface area contributed by atoms with E-state index in [4.69, 9.17) is 10.2 Å². The number of primary amides is 1. The summed E-state index contributed by atoms with van der Waals surface area (Å²) in [6.45, 7) is 0.345. The fraction of sp³-hybridized carbons (Fsp3) is 0.231. The third-order valence-electron chi connectivity index (χ3n) is 2.50. The number of carbonyl (C=O) groups excluding carboxylic acids is 2. The van der Waals surface area contributed by atoms with Crippen LogP contribution in [0.3, 0.4) is 0 Å². The summed E-state index contributed by atoms with van der Waals surface area (Å²) in [6.07, 6.45) is 2.27. The maximum Gasteiger partial charge on any atom is 0.404 e. The van der Waals surface area contributed by atoms with Gasteiger partial charge in [-0.3, -0.25) is 9.78 Å². The zero-order valence-corrected chi connectivity index (χ0v) is 11.1. The lowest BCUT2D eigenvalue weighted by Crippen LogP contribution is -2.23. The lowest BCUT2D eigenvalue weighted by atomic mass is 10.3. The second-order valence-electron chi connectivity index (χ2n) is 4.05. The maximum absolute atomic E-state index is 11.8. The number of nitrogens with zero attached hydrogens (tertiary/aromatic N) is 2. The van der Waals surface area contributed by atoms with E-state index in [-0.39, 0.29) is 24.6 Å². The molecule has 0 aliphatic carbocycles. The molecule has 2 amide bonds. The minimum atomic E-state index is -0.866. The van der Waals surface area contributed by atoms with Gasteiger partial charge < -0.3 is 20.2 Å². The number of carbonyl (C=O) groups is 2. The van der Waals surface area contributed by atoms with Crippen LogP contribution in [0.2, 0.25) is 0 Å². The van der Waals surface area contributed by atoms with Gasteiger partial charge in [0.2, 0.25) is 0 Å². The molecule has 2 rings (SSSR count). The van der Waals surface area contributed by atoms with Crippen molar-refractivity contribution >= 4 is 12.0 Å². The van der Waals surface area contributed by atoms with E-state index in [0.29, 0.717) is 12.4 Å². The summed E-state index contributed by atoms with van der Waals surface area (Å²) in [5.41, 5.74) is 5.72. The number of hydrogen-bond donors (Lipinski definition) is 2. The Labute approximate surface area is 120 Å². The molecule has 0 spiro atoms. The Bertz CT molecular complexity index is 612. The van der Waals surface area contributed by atoms with E-state index in [1.54, 1.807) is 18.3 Å². The molecule has 3 N–H and O–H groups in total. The maximum atomic E-state index is 11.8. The molecule has 110 valence electrons. The summed E-state index contributed by atoms with van der Waals surface area (Å²) in [6, 6.07) is 5.43. The predicted octanol–water partition coefficient (Wildman–Crippen LogP) is 0.637. The summed E-state index contributed by atoms with van der Waals surface area (Å²) in [4.78, 5) is 30.3. The number of hydrogen-bond acceptors (Lipinski definition) is 6. The highest BCUT2D eigenvalue weighted by Crippen LogP contribution is 2.04. The topological polar surface area (TPSA) is 120 Å². The lowest BCUT2D eigenvalue weighted by Gasteiger charge is -2.01. The molecule has 21 heavy (non-hydrogen) atoms. The van der Waals surface area contributed by atoms with Crippen molar-refractivity contribution in [3.63, 3.8) is 0 Å². The van der Waals surface area contributed by atoms with Gasteiger partial charge in [0, 0.05) is 6.20 Å². The van der Waals surface area contributed by atoms with Crippen molar-refractivity contribution in [2.45, 2.75) is 13.0 Å². The molecule has 2 aromatic rings. The Morgan fingerprint density at radius 3 is 2.95 bits per heavy atom. The van der Waals surface area contributed by atoms with Crippen molar-refractivity contribution in [2.24, 2.45) is 5.73 Å². The molecule has 0 bridgehead atoms. The van der Waals surface area contributed by atoms with Crippen molar-refractivity contribution in [3.8, 4) is 0 Å². The van der Waals surface area contributed by atoms with Crippen molar-refractivity contribution in [1.29, 1.82) is 0 Å². The minimum Gasteiger partial charge on any atom is -0.449 e. The molecule has 0 radical (unpaired) electrons. The van der Waals surface area contributed by atoms with Crippen molar-refractivity contribution in [2.75, 3.05) is 6.61 Å². The normalized spacial score (nSPS) is 10.1. The molecule has 0 aromatic carbocycles. The molecular weight excluding hydrogens is 276 g/mol. The summed E-state index contributed by atoms with van der Waals surface area (Å²) in [7, 11) is 0. The molecule has 0 aliphatic heterocycles. The van der Waals surface area contributed by atoms with Crippen LogP contribution in [0.1, 0.15) is 22.1 Å². The number of rotatable bonds is 6. The lowest BCUT2D eigenvalue weighted by molar-refractivity contribution is 0.0945. The summed E-state index contributed by atoms with van der Waals surface area (Å²) in [5, 5.41) is 2.67. The van der Waals surface area contributed by atoms with Crippen molar-refractivity contribution in [1.82, 2.24) is 15.3 Å². The van der Waals surface area contributed by atoms with Crippen molar-refractivity contribution in [3.05, 3.63) is 47.9 Å². The average molecular weight is 290 g/mol. The average Bonchev–Trinajstić information content (AvgIpc) is 2.94. The summed E-state index contributed by atoms with van der Waals surface area (Å²) >= 11 is 0. The van der Waals surface area contributed by atoms with E-state index < -0.39 is 6.09 Å². The van der Waals surface area contributed by atoms with Gasteiger partial charge in [-0.1, -0.05) is 6.07 Å². The van der Waals surface area contributed by atoms with E-state index in [0.717, 1.165) is 5.69 Å². The molecule has 2 aromatic heterocycles. The van der Waals surface area contributed by atoms with Crippen LogP contribution in [-0.2, 0) is 17.7 Å². The molecule has 0 saturated carbocycles. The SMILES string of the molecule is NC(=O)OCCc1nc(C(=O)NCc2ccccn2)co1. The number of nitrogens with one attached hydrogen (secondary N) is 1. The molecule has 0 atom stereocenters. The predicted molar refractivity (Wildman–Crippen MR) is 71.1 cm³/mol. The Morgan fingerprint density at radius 1 is 1.38 bits per heavy atom. The van der Waals surface area contributed by atoms with Crippen LogP contribution in [0.5, 0.6) is 0 Å². The van der Waals surface area contributed by atoms with Crippen LogP contribution in [0.4, 0.5) is 4.79 Å². The quantitative estimate of drug-likeness (QED) is 0.805. The zero-order chi connectivity index (χ0) is 15.1. The van der Waals surface area contributed by atoms with Gasteiger partial charge in [0.25, 0.3) is 5.91 Å². The monoisotopic (exact) mass is 290 g/mol. The number of aromatic nitrogens is 2. The summed E-state index contributed by atoms with van der Waals surface area (Å²) in [5.74, 6) is -0.0780. The zero-order valence-electron chi connectivity index (χ0n) is 11.1. The molecule has 0 fully saturated rings. The summed E-state index contributed by atoms with van der Waals surface area (Å²) < 4.78 is 9.65. The standard InChI is InChI=1S/C13H14N4O4/c14-13(19)20-6-4-11-17-10(8-21-11)12(18)16-7-9-3-1-2-5-15-9/h1-3,5,8H,4,6-7H2,(H2,14,19)(H,16,18). The van der Waals surface area contributed by atoms with Gasteiger partial charge in [-0.25, -0.2) is 9.78 Å².